The average molecular weight is 299 g/mol. The van der Waals surface area contributed by atoms with Crippen LogP contribution in [0.3, 0.4) is 0 Å². The molecule has 1 fully saturated rings. The molecular formula is C12H21N5O2S. The van der Waals surface area contributed by atoms with E-state index in [1.165, 1.54) is 11.8 Å². The van der Waals surface area contributed by atoms with E-state index in [0.29, 0.717) is 10.9 Å². The standard InChI is InChI=1S/C12H21N5O2S/c1-9(2)17-11(19)14-15-12(17)20-8-10(18)16-6-3-4-13-5-7-16/h9,13H,3-8H2,1-2H3,(H,14,19). The fraction of sp³-hybridized carbons (Fsp3) is 0.750. The van der Waals surface area contributed by atoms with E-state index in [4.69, 9.17) is 0 Å². The number of amides is 1. The normalized spacial score (nSPS) is 16.4. The fourth-order valence-corrected chi connectivity index (χ4v) is 3.14. The largest absolute Gasteiger partial charge is 0.344 e. The van der Waals surface area contributed by atoms with Gasteiger partial charge in [0.15, 0.2) is 5.16 Å². The highest BCUT2D eigenvalue weighted by molar-refractivity contribution is 7.99. The van der Waals surface area contributed by atoms with Crippen LogP contribution in [0.25, 0.3) is 0 Å². The van der Waals surface area contributed by atoms with E-state index >= 15 is 0 Å². The number of carbonyl (C=O) groups excluding carboxylic acids is 1. The molecule has 2 heterocycles. The minimum absolute atomic E-state index is 0.0289. The lowest BCUT2D eigenvalue weighted by molar-refractivity contribution is -0.128. The van der Waals surface area contributed by atoms with Crippen LogP contribution < -0.4 is 11.0 Å². The molecule has 0 saturated carbocycles. The van der Waals surface area contributed by atoms with Crippen LogP contribution >= 0.6 is 11.8 Å². The second-order valence-electron chi connectivity index (χ2n) is 5.05. The quantitative estimate of drug-likeness (QED) is 0.769. The molecular weight excluding hydrogens is 278 g/mol. The number of aromatic amines is 1. The Balaban J connectivity index is 1.94. The van der Waals surface area contributed by atoms with Gasteiger partial charge in [0, 0.05) is 25.7 Å². The number of carbonyl (C=O) groups is 1. The van der Waals surface area contributed by atoms with Crippen molar-refractivity contribution in [2.75, 3.05) is 31.9 Å². The lowest BCUT2D eigenvalue weighted by atomic mass is 10.4. The third kappa shape index (κ3) is 3.63. The summed E-state index contributed by atoms with van der Waals surface area (Å²) in [5.74, 6) is 0.418. The Bertz CT molecular complexity index is 502. The van der Waals surface area contributed by atoms with Crippen LogP contribution in [0.1, 0.15) is 26.3 Å². The maximum Gasteiger partial charge on any atom is 0.344 e. The van der Waals surface area contributed by atoms with Crippen LogP contribution in [-0.2, 0) is 4.79 Å². The average Bonchev–Trinajstić information content (AvgIpc) is 2.64. The van der Waals surface area contributed by atoms with Crippen molar-refractivity contribution in [1.29, 1.82) is 0 Å². The second-order valence-corrected chi connectivity index (χ2v) is 5.99. The first-order valence-electron chi connectivity index (χ1n) is 6.88. The molecule has 2 N–H and O–H groups in total. The number of nitrogens with one attached hydrogen (secondary N) is 2. The lowest BCUT2D eigenvalue weighted by Gasteiger charge is -2.19. The van der Waals surface area contributed by atoms with E-state index in [2.05, 4.69) is 15.5 Å². The second kappa shape index (κ2) is 6.94. The molecule has 0 unspecified atom stereocenters. The molecule has 1 amide bonds. The molecule has 0 aliphatic carbocycles. The van der Waals surface area contributed by atoms with Crippen molar-refractivity contribution in [1.82, 2.24) is 25.0 Å². The molecule has 20 heavy (non-hydrogen) atoms. The summed E-state index contributed by atoms with van der Waals surface area (Å²) in [6.07, 6.45) is 0.982. The zero-order valence-corrected chi connectivity index (χ0v) is 12.7. The third-order valence-electron chi connectivity index (χ3n) is 3.21. The number of H-pyrrole nitrogens is 1. The van der Waals surface area contributed by atoms with Crippen molar-refractivity contribution in [3.63, 3.8) is 0 Å². The molecule has 0 radical (unpaired) electrons. The molecule has 0 spiro atoms. The Labute approximate surface area is 122 Å². The monoisotopic (exact) mass is 299 g/mol. The molecule has 7 nitrogen and oxygen atoms in total. The number of hydrogen-bond donors (Lipinski definition) is 2. The summed E-state index contributed by atoms with van der Waals surface area (Å²) in [5.41, 5.74) is -0.228. The van der Waals surface area contributed by atoms with E-state index in [1.54, 1.807) is 4.57 Å². The zero-order chi connectivity index (χ0) is 14.5. The molecule has 0 bridgehead atoms. The van der Waals surface area contributed by atoms with E-state index in [1.807, 2.05) is 18.7 Å². The Morgan fingerprint density at radius 2 is 2.20 bits per heavy atom. The molecule has 0 atom stereocenters. The van der Waals surface area contributed by atoms with Crippen molar-refractivity contribution in [3.05, 3.63) is 10.5 Å². The van der Waals surface area contributed by atoms with Crippen LogP contribution in [0.5, 0.6) is 0 Å². The number of nitrogens with zero attached hydrogens (tertiary/aromatic N) is 3. The maximum atomic E-state index is 12.2. The Morgan fingerprint density at radius 1 is 1.40 bits per heavy atom. The fourth-order valence-electron chi connectivity index (χ4n) is 2.16. The summed E-state index contributed by atoms with van der Waals surface area (Å²) in [4.78, 5) is 25.6. The van der Waals surface area contributed by atoms with Gasteiger partial charge in [-0.25, -0.2) is 9.89 Å². The van der Waals surface area contributed by atoms with Gasteiger partial charge >= 0.3 is 5.69 Å². The lowest BCUT2D eigenvalue weighted by Crippen LogP contribution is -2.35. The van der Waals surface area contributed by atoms with Crippen LogP contribution in [0, 0.1) is 0 Å². The highest BCUT2D eigenvalue weighted by Crippen LogP contribution is 2.17. The van der Waals surface area contributed by atoms with Crippen LogP contribution in [0.15, 0.2) is 9.95 Å². The maximum absolute atomic E-state index is 12.2. The van der Waals surface area contributed by atoms with Crippen molar-refractivity contribution >= 4 is 17.7 Å². The predicted octanol–water partition coefficient (Wildman–Crippen LogP) is 0.0663. The van der Waals surface area contributed by atoms with Gasteiger partial charge in [0.1, 0.15) is 0 Å². The molecule has 1 saturated heterocycles. The Hall–Kier alpha value is -1.28. The van der Waals surface area contributed by atoms with E-state index in [-0.39, 0.29) is 17.6 Å². The Morgan fingerprint density at radius 3 is 2.95 bits per heavy atom. The number of thioether (sulfide) groups is 1. The van der Waals surface area contributed by atoms with Gasteiger partial charge in [-0.15, -0.1) is 5.10 Å². The molecule has 2 rings (SSSR count). The van der Waals surface area contributed by atoms with E-state index in [0.717, 1.165) is 32.6 Å². The topological polar surface area (TPSA) is 83.0 Å². The van der Waals surface area contributed by atoms with Gasteiger partial charge in [-0.05, 0) is 26.8 Å². The zero-order valence-electron chi connectivity index (χ0n) is 11.9. The summed E-state index contributed by atoms with van der Waals surface area (Å²) in [6, 6.07) is 0.0289. The first-order chi connectivity index (χ1) is 9.59. The minimum Gasteiger partial charge on any atom is -0.341 e. The van der Waals surface area contributed by atoms with Crippen molar-refractivity contribution in [3.8, 4) is 0 Å². The minimum atomic E-state index is -0.228. The van der Waals surface area contributed by atoms with Gasteiger partial charge in [0.2, 0.25) is 5.91 Å². The van der Waals surface area contributed by atoms with Crippen LogP contribution in [0.2, 0.25) is 0 Å². The highest BCUT2D eigenvalue weighted by Gasteiger charge is 2.18. The van der Waals surface area contributed by atoms with Crippen molar-refractivity contribution in [2.24, 2.45) is 0 Å². The molecule has 1 aliphatic rings. The van der Waals surface area contributed by atoms with Gasteiger partial charge in [0.05, 0.1) is 5.75 Å². The summed E-state index contributed by atoms with van der Waals surface area (Å²) in [6.45, 7) is 7.19. The van der Waals surface area contributed by atoms with Crippen molar-refractivity contribution < 1.29 is 4.79 Å². The molecule has 112 valence electrons. The molecule has 0 aromatic carbocycles. The first kappa shape index (κ1) is 15.1. The van der Waals surface area contributed by atoms with Gasteiger partial charge in [0.25, 0.3) is 0 Å². The number of rotatable bonds is 4. The smallest absolute Gasteiger partial charge is 0.341 e. The van der Waals surface area contributed by atoms with Gasteiger partial charge in [-0.1, -0.05) is 11.8 Å². The SMILES string of the molecule is CC(C)n1c(SCC(=O)N2CCCNCC2)n[nH]c1=O. The van der Waals surface area contributed by atoms with E-state index < -0.39 is 0 Å². The van der Waals surface area contributed by atoms with Gasteiger partial charge in [-0.3, -0.25) is 9.36 Å². The summed E-state index contributed by atoms with van der Waals surface area (Å²) < 4.78 is 1.57. The van der Waals surface area contributed by atoms with Gasteiger partial charge in [-0.2, -0.15) is 0 Å². The molecule has 1 aromatic rings. The summed E-state index contributed by atoms with van der Waals surface area (Å²) in [5, 5.41) is 10.3. The predicted molar refractivity (Wildman–Crippen MR) is 78.0 cm³/mol. The first-order valence-corrected chi connectivity index (χ1v) is 7.86. The molecule has 1 aromatic heterocycles. The van der Waals surface area contributed by atoms with Crippen LogP contribution in [-0.4, -0.2) is 57.5 Å². The number of aromatic nitrogens is 3. The van der Waals surface area contributed by atoms with Gasteiger partial charge < -0.3 is 10.2 Å². The molecule has 1 aliphatic heterocycles. The number of hydrogen-bond acceptors (Lipinski definition) is 5. The van der Waals surface area contributed by atoms with Crippen molar-refractivity contribution in [2.45, 2.75) is 31.5 Å². The molecule has 8 heteroatoms. The Kier molecular flexibility index (Phi) is 5.24. The highest BCUT2D eigenvalue weighted by atomic mass is 32.2. The van der Waals surface area contributed by atoms with E-state index in [9.17, 15) is 9.59 Å². The summed E-state index contributed by atoms with van der Waals surface area (Å²) in [7, 11) is 0. The summed E-state index contributed by atoms with van der Waals surface area (Å²) >= 11 is 1.31. The van der Waals surface area contributed by atoms with Crippen LogP contribution in [0.4, 0.5) is 0 Å². The third-order valence-corrected chi connectivity index (χ3v) is 4.14.